The second-order valence-electron chi connectivity index (χ2n) is 10.5. The average molecular weight is 432 g/mol. The molecule has 4 heteroatoms. The van der Waals surface area contributed by atoms with E-state index in [9.17, 15) is 14.7 Å². The summed E-state index contributed by atoms with van der Waals surface area (Å²) in [5.74, 6) is 1.69. The third kappa shape index (κ3) is 3.23. The molecule has 0 heterocycles. The molecule has 1 aromatic carbocycles. The number of carbonyl (C=O) groups excluding carboxylic acids is 2. The van der Waals surface area contributed by atoms with E-state index < -0.39 is 0 Å². The average Bonchev–Trinajstić information content (AvgIpc) is 3.15. The molecule has 0 saturated heterocycles. The third-order valence-corrected chi connectivity index (χ3v) is 9.16. The van der Waals surface area contributed by atoms with Gasteiger partial charge in [0.05, 0.1) is 6.61 Å². The maximum absolute atomic E-state index is 12.8. The lowest BCUT2D eigenvalue weighted by molar-refractivity contribution is -0.111. The number of aliphatic hydroxyl groups is 1. The van der Waals surface area contributed by atoms with Gasteiger partial charge in [-0.15, -0.1) is 0 Å². The van der Waals surface area contributed by atoms with Gasteiger partial charge in [0.25, 0.3) is 5.91 Å². The maximum Gasteiger partial charge on any atom is 0.255 e. The molecule has 168 valence electrons. The topological polar surface area (TPSA) is 66.4 Å². The van der Waals surface area contributed by atoms with Gasteiger partial charge >= 0.3 is 0 Å². The van der Waals surface area contributed by atoms with E-state index in [1.165, 1.54) is 11.1 Å². The van der Waals surface area contributed by atoms with Crippen molar-refractivity contribution in [2.75, 3.05) is 6.61 Å². The van der Waals surface area contributed by atoms with Gasteiger partial charge in [0.2, 0.25) is 0 Å². The largest absolute Gasteiger partial charge is 0.390 e. The summed E-state index contributed by atoms with van der Waals surface area (Å²) in [6.07, 6.45) is 12.2. The van der Waals surface area contributed by atoms with Crippen molar-refractivity contribution in [1.82, 2.24) is 5.32 Å². The molecule has 2 N–H and O–H groups in total. The van der Waals surface area contributed by atoms with Gasteiger partial charge in [-0.3, -0.25) is 9.59 Å². The van der Waals surface area contributed by atoms with Gasteiger partial charge in [-0.05, 0) is 91.6 Å². The van der Waals surface area contributed by atoms with Gasteiger partial charge in [-0.25, -0.2) is 0 Å². The molecule has 0 unspecified atom stereocenters. The smallest absolute Gasteiger partial charge is 0.255 e. The lowest BCUT2D eigenvalue weighted by Gasteiger charge is -2.56. The zero-order valence-electron chi connectivity index (χ0n) is 19.1. The summed E-state index contributed by atoms with van der Waals surface area (Å²) in [6, 6.07) is 9.21. The van der Waals surface area contributed by atoms with Crippen molar-refractivity contribution in [3.63, 3.8) is 0 Å². The molecule has 0 spiro atoms. The van der Waals surface area contributed by atoms with Gasteiger partial charge in [0.15, 0.2) is 5.78 Å². The number of hydrogen-bond acceptors (Lipinski definition) is 3. The lowest BCUT2D eigenvalue weighted by Crippen LogP contribution is -2.49. The fraction of sp³-hybridized carbons (Fsp3) is 0.500. The van der Waals surface area contributed by atoms with Crippen molar-refractivity contribution >= 4 is 11.7 Å². The zero-order chi connectivity index (χ0) is 22.5. The van der Waals surface area contributed by atoms with Crippen LogP contribution >= 0.6 is 0 Å². The minimum Gasteiger partial charge on any atom is -0.390 e. The molecule has 1 amide bonds. The molecule has 1 aromatic rings. The van der Waals surface area contributed by atoms with Gasteiger partial charge < -0.3 is 10.4 Å². The number of rotatable bonds is 3. The molecule has 0 aliphatic heterocycles. The van der Waals surface area contributed by atoms with Crippen molar-refractivity contribution < 1.29 is 14.7 Å². The number of carbonyl (C=O) groups is 2. The third-order valence-electron chi connectivity index (χ3n) is 9.16. The number of amides is 1. The highest BCUT2D eigenvalue weighted by atomic mass is 16.3. The van der Waals surface area contributed by atoms with E-state index in [0.29, 0.717) is 29.0 Å². The highest BCUT2D eigenvalue weighted by Gasteiger charge is 2.57. The second kappa shape index (κ2) is 7.84. The van der Waals surface area contributed by atoms with Crippen LogP contribution in [0.5, 0.6) is 0 Å². The zero-order valence-corrected chi connectivity index (χ0v) is 19.1. The summed E-state index contributed by atoms with van der Waals surface area (Å²) in [5.41, 5.74) is 3.87. The van der Waals surface area contributed by atoms with Crippen LogP contribution in [0.2, 0.25) is 0 Å². The molecule has 0 radical (unpaired) electrons. The standard InChI is InChI=1S/C28H33NO3/c1-27-14-12-20(31)16-19(27)8-9-21-22-10-11-24(28(22,2)15-13-23(21)27)25(17-30)29-26(32)18-6-4-3-5-7-18/h3-7,12,14,16,21-23,30H,8-11,13,15,17H2,1-2H3,(H,29,32)/t21-,22-,23-,27-,28-/m0/s1. The first kappa shape index (κ1) is 21.4. The first-order valence-electron chi connectivity index (χ1n) is 12.0. The quantitative estimate of drug-likeness (QED) is 0.710. The van der Waals surface area contributed by atoms with Gasteiger partial charge in [0.1, 0.15) is 0 Å². The molecule has 3 fully saturated rings. The van der Waals surface area contributed by atoms with Crippen LogP contribution in [0, 0.1) is 28.6 Å². The molecule has 32 heavy (non-hydrogen) atoms. The predicted octanol–water partition coefficient (Wildman–Crippen LogP) is 4.97. The molecule has 4 nitrogen and oxygen atoms in total. The molecular formula is C28H33NO3. The van der Waals surface area contributed by atoms with Crippen LogP contribution < -0.4 is 5.32 Å². The van der Waals surface area contributed by atoms with E-state index >= 15 is 0 Å². The van der Waals surface area contributed by atoms with E-state index in [-0.39, 0.29) is 29.1 Å². The molecule has 3 saturated carbocycles. The number of fused-ring (bicyclic) bond motifs is 5. The molecule has 5 rings (SSSR count). The van der Waals surface area contributed by atoms with E-state index in [1.54, 1.807) is 18.2 Å². The Balaban J connectivity index is 1.43. The normalized spacial score (nSPS) is 37.2. The fourth-order valence-corrected chi connectivity index (χ4v) is 7.52. The molecule has 4 aliphatic carbocycles. The van der Waals surface area contributed by atoms with Crippen LogP contribution in [-0.2, 0) is 4.79 Å². The number of ketones is 1. The Kier molecular flexibility index (Phi) is 5.24. The van der Waals surface area contributed by atoms with Crippen molar-refractivity contribution in [2.24, 2.45) is 28.6 Å². The molecule has 0 bridgehead atoms. The second-order valence-corrected chi connectivity index (χ2v) is 10.5. The summed E-state index contributed by atoms with van der Waals surface area (Å²) < 4.78 is 0. The summed E-state index contributed by atoms with van der Waals surface area (Å²) in [4.78, 5) is 24.8. The highest BCUT2D eigenvalue weighted by molar-refractivity contribution is 6.01. The number of aliphatic hydroxyl groups excluding tert-OH is 1. The summed E-state index contributed by atoms with van der Waals surface area (Å²) in [5, 5.41) is 13.3. The van der Waals surface area contributed by atoms with Crippen molar-refractivity contribution in [1.29, 1.82) is 0 Å². The number of allylic oxidation sites excluding steroid dienone is 5. The van der Waals surface area contributed by atoms with E-state index in [2.05, 4.69) is 25.2 Å². The van der Waals surface area contributed by atoms with Crippen LogP contribution in [0.3, 0.4) is 0 Å². The molecule has 4 aliphatic rings. The fourth-order valence-electron chi connectivity index (χ4n) is 7.52. The van der Waals surface area contributed by atoms with Gasteiger partial charge in [0, 0.05) is 16.7 Å². The minimum atomic E-state index is -0.153. The van der Waals surface area contributed by atoms with Crippen molar-refractivity contribution in [3.05, 3.63) is 71.0 Å². The van der Waals surface area contributed by atoms with Gasteiger partial charge in [-0.1, -0.05) is 43.7 Å². The van der Waals surface area contributed by atoms with Crippen LogP contribution in [0.15, 0.2) is 65.4 Å². The maximum atomic E-state index is 12.8. The van der Waals surface area contributed by atoms with Crippen LogP contribution in [0.1, 0.15) is 62.7 Å². The minimum absolute atomic E-state index is 0.00798. The Labute approximate surface area is 190 Å². The summed E-state index contributed by atoms with van der Waals surface area (Å²) >= 11 is 0. The molecule has 0 aromatic heterocycles. The van der Waals surface area contributed by atoms with E-state index in [4.69, 9.17) is 0 Å². The van der Waals surface area contributed by atoms with Gasteiger partial charge in [-0.2, -0.15) is 0 Å². The highest BCUT2D eigenvalue weighted by Crippen LogP contribution is 2.66. The molecular weight excluding hydrogens is 398 g/mol. The first-order chi connectivity index (χ1) is 15.4. The summed E-state index contributed by atoms with van der Waals surface area (Å²) in [6.45, 7) is 4.54. The predicted molar refractivity (Wildman–Crippen MR) is 125 cm³/mol. The monoisotopic (exact) mass is 431 g/mol. The number of hydrogen-bond donors (Lipinski definition) is 2. The lowest BCUT2D eigenvalue weighted by atomic mass is 9.48. The Hall–Kier alpha value is -2.46. The van der Waals surface area contributed by atoms with E-state index in [0.717, 1.165) is 38.5 Å². The van der Waals surface area contributed by atoms with Crippen molar-refractivity contribution in [3.8, 4) is 0 Å². The van der Waals surface area contributed by atoms with E-state index in [1.807, 2.05) is 24.3 Å². The first-order valence-corrected chi connectivity index (χ1v) is 12.0. The van der Waals surface area contributed by atoms with Crippen LogP contribution in [0.4, 0.5) is 0 Å². The Morgan fingerprint density at radius 2 is 1.88 bits per heavy atom. The van der Waals surface area contributed by atoms with Crippen LogP contribution in [0.25, 0.3) is 0 Å². The van der Waals surface area contributed by atoms with Crippen LogP contribution in [-0.4, -0.2) is 23.4 Å². The Morgan fingerprint density at radius 1 is 1.09 bits per heavy atom. The number of nitrogens with one attached hydrogen (secondary N) is 1. The Bertz CT molecular complexity index is 1040. The Morgan fingerprint density at radius 3 is 2.62 bits per heavy atom. The molecule has 5 atom stereocenters. The van der Waals surface area contributed by atoms with Crippen molar-refractivity contribution in [2.45, 2.75) is 52.4 Å². The SMILES string of the molecule is C[C@]12C=CC(=O)C=C1CC[C@@H]1[C@@H]2CC[C@]2(C)C(=C(CO)NC(=O)c3ccccc3)CC[C@@H]12. The summed E-state index contributed by atoms with van der Waals surface area (Å²) in [7, 11) is 0. The number of benzene rings is 1.